The Morgan fingerprint density at radius 2 is 2.15 bits per heavy atom. The molecule has 5 nitrogen and oxygen atoms in total. The van der Waals surface area contributed by atoms with Gasteiger partial charge in [-0.1, -0.05) is 0 Å². The van der Waals surface area contributed by atoms with E-state index < -0.39 is 10.0 Å². The molecule has 1 saturated carbocycles. The Morgan fingerprint density at radius 1 is 1.50 bits per heavy atom. The topological polar surface area (TPSA) is 87.2 Å². The molecular weight excluding hydrogens is 274 g/mol. The van der Waals surface area contributed by atoms with Crippen LogP contribution in [0.1, 0.15) is 24.0 Å². The van der Waals surface area contributed by atoms with E-state index in [2.05, 4.69) is 0 Å². The maximum absolute atomic E-state index is 12.7. The van der Waals surface area contributed by atoms with Gasteiger partial charge in [-0.25, -0.2) is 8.42 Å². The van der Waals surface area contributed by atoms with Crippen LogP contribution in [0, 0.1) is 24.2 Å². The number of rotatable bonds is 5. The average Bonchev–Trinajstić information content (AvgIpc) is 3.23. The predicted molar refractivity (Wildman–Crippen MR) is 76.4 cm³/mol. The lowest BCUT2D eigenvalue weighted by Crippen LogP contribution is -2.43. The number of nitrogens with two attached hydrogens (primary N) is 1. The molecule has 1 aromatic carbocycles. The van der Waals surface area contributed by atoms with E-state index in [-0.39, 0.29) is 10.9 Å². The average molecular weight is 293 g/mol. The Balaban J connectivity index is 2.37. The van der Waals surface area contributed by atoms with Crippen molar-refractivity contribution in [2.45, 2.75) is 30.7 Å². The van der Waals surface area contributed by atoms with Gasteiger partial charge >= 0.3 is 0 Å². The molecule has 0 bridgehead atoms. The van der Waals surface area contributed by atoms with Gasteiger partial charge in [0.25, 0.3) is 0 Å². The number of aryl methyl sites for hydroxylation is 1. The lowest BCUT2D eigenvalue weighted by Gasteiger charge is -2.27. The lowest BCUT2D eigenvalue weighted by molar-refractivity contribution is 0.340. The molecule has 20 heavy (non-hydrogen) atoms. The van der Waals surface area contributed by atoms with Gasteiger partial charge in [-0.05, 0) is 49.4 Å². The quantitative estimate of drug-likeness (QED) is 0.884. The fourth-order valence-corrected chi connectivity index (χ4v) is 4.09. The molecule has 0 saturated heterocycles. The van der Waals surface area contributed by atoms with Crippen molar-refractivity contribution >= 4 is 10.0 Å². The van der Waals surface area contributed by atoms with Gasteiger partial charge in [0.05, 0.1) is 16.5 Å². The second-order valence-corrected chi connectivity index (χ2v) is 7.22. The van der Waals surface area contributed by atoms with Crippen molar-refractivity contribution in [2.75, 3.05) is 13.6 Å². The van der Waals surface area contributed by atoms with Crippen molar-refractivity contribution in [1.82, 2.24) is 4.31 Å². The third-order valence-electron chi connectivity index (χ3n) is 3.84. The Bertz CT molecular complexity index is 645. The van der Waals surface area contributed by atoms with Crippen LogP contribution in [-0.4, -0.2) is 32.4 Å². The summed E-state index contributed by atoms with van der Waals surface area (Å²) >= 11 is 0. The highest BCUT2D eigenvalue weighted by Crippen LogP contribution is 2.36. The standard InChI is InChI=1S/C14H19N3O2S/c1-10-7-11(8-15)3-6-14(10)20(18,19)17(2)13(9-16)12-4-5-12/h3,6-7,12-13H,4-5,9,16H2,1-2H3. The summed E-state index contributed by atoms with van der Waals surface area (Å²) in [7, 11) is -1.98. The van der Waals surface area contributed by atoms with Crippen LogP contribution in [0.3, 0.4) is 0 Å². The van der Waals surface area contributed by atoms with Crippen molar-refractivity contribution in [3.05, 3.63) is 29.3 Å². The van der Waals surface area contributed by atoms with Gasteiger partial charge in [0.1, 0.15) is 0 Å². The third-order valence-corrected chi connectivity index (χ3v) is 5.88. The Kier molecular flexibility index (Phi) is 4.14. The molecule has 0 radical (unpaired) electrons. The highest BCUT2D eigenvalue weighted by Gasteiger charge is 2.38. The number of benzene rings is 1. The maximum Gasteiger partial charge on any atom is 0.243 e. The van der Waals surface area contributed by atoms with Crippen molar-refractivity contribution in [1.29, 1.82) is 5.26 Å². The first kappa shape index (κ1) is 15.0. The number of sulfonamides is 1. The van der Waals surface area contributed by atoms with Gasteiger partial charge in [-0.3, -0.25) is 0 Å². The first-order valence-corrected chi connectivity index (χ1v) is 8.04. The molecule has 1 fully saturated rings. The molecule has 108 valence electrons. The molecule has 0 aromatic heterocycles. The van der Waals surface area contributed by atoms with Crippen LogP contribution >= 0.6 is 0 Å². The molecule has 0 heterocycles. The van der Waals surface area contributed by atoms with Crippen molar-refractivity contribution < 1.29 is 8.42 Å². The molecule has 1 atom stereocenters. The minimum atomic E-state index is -3.57. The molecule has 1 aliphatic carbocycles. The van der Waals surface area contributed by atoms with Gasteiger partial charge < -0.3 is 5.73 Å². The molecule has 6 heteroatoms. The number of nitriles is 1. The van der Waals surface area contributed by atoms with Gasteiger partial charge in [0, 0.05) is 19.6 Å². The van der Waals surface area contributed by atoms with Crippen molar-refractivity contribution in [3.8, 4) is 6.07 Å². The molecule has 2 rings (SSSR count). The first-order valence-electron chi connectivity index (χ1n) is 6.60. The summed E-state index contributed by atoms with van der Waals surface area (Å²) in [6.07, 6.45) is 2.07. The fraction of sp³-hybridized carbons (Fsp3) is 0.500. The number of hydrogen-bond acceptors (Lipinski definition) is 4. The number of hydrogen-bond donors (Lipinski definition) is 1. The van der Waals surface area contributed by atoms with E-state index in [0.29, 0.717) is 23.6 Å². The third kappa shape index (κ3) is 2.70. The van der Waals surface area contributed by atoms with E-state index >= 15 is 0 Å². The largest absolute Gasteiger partial charge is 0.329 e. The fourth-order valence-electron chi connectivity index (χ4n) is 2.46. The van der Waals surface area contributed by atoms with Crippen LogP contribution in [-0.2, 0) is 10.0 Å². The van der Waals surface area contributed by atoms with Crippen molar-refractivity contribution in [2.24, 2.45) is 11.7 Å². The Hall–Kier alpha value is -1.42. The summed E-state index contributed by atoms with van der Waals surface area (Å²) in [5.41, 5.74) is 6.77. The summed E-state index contributed by atoms with van der Waals surface area (Å²) in [5.74, 6) is 0.374. The summed E-state index contributed by atoms with van der Waals surface area (Å²) in [5, 5.41) is 8.85. The van der Waals surface area contributed by atoms with Crippen LogP contribution < -0.4 is 5.73 Å². The smallest absolute Gasteiger partial charge is 0.243 e. The number of nitrogens with zero attached hydrogens (tertiary/aromatic N) is 2. The molecule has 0 aliphatic heterocycles. The zero-order valence-electron chi connectivity index (χ0n) is 11.7. The summed E-state index contributed by atoms with van der Waals surface area (Å²) in [6, 6.07) is 6.49. The summed E-state index contributed by atoms with van der Waals surface area (Å²) in [6.45, 7) is 2.03. The summed E-state index contributed by atoms with van der Waals surface area (Å²) < 4.78 is 26.7. The molecule has 0 spiro atoms. The monoisotopic (exact) mass is 293 g/mol. The second-order valence-electron chi connectivity index (χ2n) is 5.25. The zero-order valence-corrected chi connectivity index (χ0v) is 12.5. The van der Waals surface area contributed by atoms with E-state index in [4.69, 9.17) is 11.0 Å². The van der Waals surface area contributed by atoms with E-state index in [1.807, 2.05) is 6.07 Å². The van der Waals surface area contributed by atoms with Gasteiger partial charge in [-0.15, -0.1) is 0 Å². The molecule has 2 N–H and O–H groups in total. The SMILES string of the molecule is Cc1cc(C#N)ccc1S(=O)(=O)N(C)C(CN)C1CC1. The molecular formula is C14H19N3O2S. The second kappa shape index (κ2) is 5.52. The molecule has 1 unspecified atom stereocenters. The van der Waals surface area contributed by atoms with E-state index in [1.165, 1.54) is 16.4 Å². The van der Waals surface area contributed by atoms with Crippen LogP contribution in [0.25, 0.3) is 0 Å². The molecule has 0 amide bonds. The molecule has 1 aliphatic rings. The maximum atomic E-state index is 12.7. The minimum Gasteiger partial charge on any atom is -0.329 e. The predicted octanol–water partition coefficient (Wildman–Crippen LogP) is 1.22. The van der Waals surface area contributed by atoms with Gasteiger partial charge in [0.2, 0.25) is 10.0 Å². The van der Waals surface area contributed by atoms with Crippen LogP contribution in [0.4, 0.5) is 0 Å². The van der Waals surface area contributed by atoms with Crippen LogP contribution in [0.15, 0.2) is 23.1 Å². The Morgan fingerprint density at radius 3 is 2.60 bits per heavy atom. The first-order chi connectivity index (χ1) is 9.41. The van der Waals surface area contributed by atoms with E-state index in [1.54, 1.807) is 20.0 Å². The molecule has 1 aromatic rings. The number of likely N-dealkylation sites (N-methyl/N-ethyl adjacent to an activating group) is 1. The minimum absolute atomic E-state index is 0.143. The normalized spacial score (nSPS) is 16.9. The van der Waals surface area contributed by atoms with Crippen LogP contribution in [0.5, 0.6) is 0 Å². The van der Waals surface area contributed by atoms with Gasteiger partial charge in [0.15, 0.2) is 0 Å². The lowest BCUT2D eigenvalue weighted by atomic mass is 10.2. The van der Waals surface area contributed by atoms with Crippen LogP contribution in [0.2, 0.25) is 0 Å². The summed E-state index contributed by atoms with van der Waals surface area (Å²) in [4.78, 5) is 0.248. The van der Waals surface area contributed by atoms with Crippen molar-refractivity contribution in [3.63, 3.8) is 0 Å². The van der Waals surface area contributed by atoms with Gasteiger partial charge in [-0.2, -0.15) is 9.57 Å². The highest BCUT2D eigenvalue weighted by atomic mass is 32.2. The Labute approximate surface area is 120 Å². The van der Waals surface area contributed by atoms with E-state index in [0.717, 1.165) is 12.8 Å². The van der Waals surface area contributed by atoms with E-state index in [9.17, 15) is 8.42 Å². The highest BCUT2D eigenvalue weighted by molar-refractivity contribution is 7.89. The zero-order chi connectivity index (χ0) is 14.9.